The van der Waals surface area contributed by atoms with E-state index in [1.165, 1.54) is 11.9 Å². The minimum atomic E-state index is 0.636. The largest absolute Gasteiger partial charge is 0.353 e. The number of anilines is 1. The summed E-state index contributed by atoms with van der Waals surface area (Å²) in [5.41, 5.74) is 9.82. The molecule has 0 aliphatic heterocycles. The summed E-state index contributed by atoms with van der Waals surface area (Å²) in [4.78, 5) is 17.4. The summed E-state index contributed by atoms with van der Waals surface area (Å²) in [6.07, 6.45) is 8.66. The quantitative estimate of drug-likeness (QED) is 0.408. The maximum atomic E-state index is 4.78. The first-order chi connectivity index (χ1) is 15.6. The molecule has 5 rings (SSSR count). The van der Waals surface area contributed by atoms with Gasteiger partial charge in [0.1, 0.15) is 17.5 Å². The van der Waals surface area contributed by atoms with Crippen molar-refractivity contribution in [2.75, 3.05) is 5.32 Å². The second-order valence-corrected chi connectivity index (χ2v) is 7.62. The molecule has 0 spiro atoms. The molecule has 4 heterocycles. The minimum Gasteiger partial charge on any atom is -0.353 e. The zero-order chi connectivity index (χ0) is 22.1. The van der Waals surface area contributed by atoms with E-state index in [1.54, 1.807) is 18.6 Å². The molecule has 0 unspecified atom stereocenters. The third-order valence-corrected chi connectivity index (χ3v) is 5.38. The normalized spacial score (nSPS) is 10.9. The minimum absolute atomic E-state index is 0.636. The van der Waals surface area contributed by atoms with Crippen molar-refractivity contribution in [1.29, 1.82) is 0 Å². The average molecular weight is 419 g/mol. The Morgan fingerprint density at radius 3 is 2.59 bits per heavy atom. The van der Waals surface area contributed by atoms with Crippen molar-refractivity contribution in [2.24, 2.45) is 0 Å². The summed E-state index contributed by atoms with van der Waals surface area (Å²) < 4.78 is 0. The third-order valence-electron chi connectivity index (χ3n) is 5.38. The summed E-state index contributed by atoms with van der Waals surface area (Å²) in [7, 11) is 0. The fourth-order valence-corrected chi connectivity index (χ4v) is 3.68. The molecule has 0 radical (unpaired) electrons. The highest BCUT2D eigenvalue weighted by atomic mass is 15.1. The van der Waals surface area contributed by atoms with Gasteiger partial charge in [0.05, 0.1) is 28.8 Å². The fraction of sp³-hybridized carbons (Fsp3) is 0.0800. The van der Waals surface area contributed by atoms with E-state index >= 15 is 0 Å². The van der Waals surface area contributed by atoms with E-state index in [0.717, 1.165) is 44.7 Å². The van der Waals surface area contributed by atoms with Gasteiger partial charge in [-0.2, -0.15) is 5.10 Å². The van der Waals surface area contributed by atoms with Gasteiger partial charge in [0, 0.05) is 29.7 Å². The Labute approximate surface area is 185 Å². The standard InChI is InChI=1S/C25H21N7/c1-15-5-4-6-18(9-15)20-12-26-13-23(16(20)2)29-17(3)24-25-22(31-32-24)8-7-21(30-25)19-10-27-14-28-11-19/h4-14,29H,3H2,1-2H3,(H,31,32). The van der Waals surface area contributed by atoms with Crippen molar-refractivity contribution < 1.29 is 0 Å². The molecule has 0 fully saturated rings. The molecule has 7 nitrogen and oxygen atoms in total. The molecule has 2 N–H and O–H groups in total. The number of hydrogen-bond donors (Lipinski definition) is 2. The van der Waals surface area contributed by atoms with E-state index in [1.807, 2.05) is 18.3 Å². The Morgan fingerprint density at radius 2 is 1.78 bits per heavy atom. The Kier molecular flexibility index (Phi) is 4.91. The summed E-state index contributed by atoms with van der Waals surface area (Å²) in [5.74, 6) is 0. The first kappa shape index (κ1) is 19.6. The van der Waals surface area contributed by atoms with Crippen LogP contribution in [0.1, 0.15) is 16.8 Å². The van der Waals surface area contributed by atoms with E-state index in [0.29, 0.717) is 11.4 Å². The van der Waals surface area contributed by atoms with Crippen LogP contribution in [0.25, 0.3) is 39.1 Å². The molecule has 4 aromatic heterocycles. The van der Waals surface area contributed by atoms with Crippen LogP contribution in [0, 0.1) is 13.8 Å². The molecule has 7 heteroatoms. The number of benzene rings is 1. The number of pyridine rings is 2. The van der Waals surface area contributed by atoms with E-state index in [2.05, 4.69) is 75.2 Å². The third kappa shape index (κ3) is 3.60. The number of nitrogens with zero attached hydrogens (tertiary/aromatic N) is 5. The number of aromatic amines is 1. The van der Waals surface area contributed by atoms with Gasteiger partial charge in [-0.3, -0.25) is 10.1 Å². The lowest BCUT2D eigenvalue weighted by molar-refractivity contribution is 1.10. The summed E-state index contributed by atoms with van der Waals surface area (Å²) in [5, 5.41) is 10.9. The van der Waals surface area contributed by atoms with E-state index in [-0.39, 0.29) is 0 Å². The van der Waals surface area contributed by atoms with Crippen LogP contribution in [0.3, 0.4) is 0 Å². The number of rotatable bonds is 5. The maximum absolute atomic E-state index is 4.78. The monoisotopic (exact) mass is 419 g/mol. The fourth-order valence-electron chi connectivity index (χ4n) is 3.68. The van der Waals surface area contributed by atoms with Gasteiger partial charge in [0.2, 0.25) is 0 Å². The number of nitrogens with one attached hydrogen (secondary N) is 2. The molecule has 1 aromatic carbocycles. The number of aromatic nitrogens is 6. The van der Waals surface area contributed by atoms with Crippen LogP contribution in [-0.2, 0) is 0 Å². The molecule has 0 bridgehead atoms. The van der Waals surface area contributed by atoms with Gasteiger partial charge in [-0.25, -0.2) is 15.0 Å². The SMILES string of the molecule is C=C(Nc1cncc(-c2cccc(C)c2)c1C)c1n[nH]c2ccc(-c3cncnc3)nc12. The summed E-state index contributed by atoms with van der Waals surface area (Å²) in [6.45, 7) is 8.37. The zero-order valence-corrected chi connectivity index (χ0v) is 17.8. The Morgan fingerprint density at radius 1 is 0.938 bits per heavy atom. The van der Waals surface area contributed by atoms with Gasteiger partial charge in [-0.15, -0.1) is 0 Å². The molecule has 0 saturated heterocycles. The van der Waals surface area contributed by atoms with Gasteiger partial charge >= 0.3 is 0 Å². The number of aryl methyl sites for hydroxylation is 1. The molecule has 0 aliphatic carbocycles. The molecule has 0 atom stereocenters. The van der Waals surface area contributed by atoms with E-state index in [4.69, 9.17) is 4.98 Å². The van der Waals surface area contributed by atoms with Crippen molar-refractivity contribution in [3.8, 4) is 22.4 Å². The molecular formula is C25H21N7. The highest BCUT2D eigenvalue weighted by molar-refractivity contribution is 5.91. The predicted molar refractivity (Wildman–Crippen MR) is 127 cm³/mol. The maximum Gasteiger partial charge on any atom is 0.134 e. The molecule has 32 heavy (non-hydrogen) atoms. The van der Waals surface area contributed by atoms with Gasteiger partial charge in [0.25, 0.3) is 0 Å². The molecule has 156 valence electrons. The smallest absolute Gasteiger partial charge is 0.134 e. The second-order valence-electron chi connectivity index (χ2n) is 7.62. The van der Waals surface area contributed by atoms with Gasteiger partial charge in [-0.05, 0) is 37.1 Å². The molecule has 0 saturated carbocycles. The lowest BCUT2D eigenvalue weighted by Gasteiger charge is -2.14. The van der Waals surface area contributed by atoms with Gasteiger partial charge in [-0.1, -0.05) is 36.4 Å². The Balaban J connectivity index is 1.49. The van der Waals surface area contributed by atoms with Crippen molar-refractivity contribution in [1.82, 2.24) is 30.1 Å². The topological polar surface area (TPSA) is 92.3 Å². The van der Waals surface area contributed by atoms with Crippen molar-refractivity contribution >= 4 is 22.4 Å². The highest BCUT2D eigenvalue weighted by Gasteiger charge is 2.15. The van der Waals surface area contributed by atoms with E-state index < -0.39 is 0 Å². The first-order valence-corrected chi connectivity index (χ1v) is 10.2. The Hall–Kier alpha value is -4.39. The van der Waals surface area contributed by atoms with Crippen molar-refractivity contribution in [3.63, 3.8) is 0 Å². The zero-order valence-electron chi connectivity index (χ0n) is 17.8. The molecule has 0 aliphatic rings. The molecule has 5 aromatic rings. The highest BCUT2D eigenvalue weighted by Crippen LogP contribution is 2.30. The van der Waals surface area contributed by atoms with Gasteiger partial charge < -0.3 is 5.32 Å². The second kappa shape index (κ2) is 8.03. The van der Waals surface area contributed by atoms with Crippen LogP contribution in [0.15, 0.2) is 74.1 Å². The Bertz CT molecular complexity index is 1440. The molecular weight excluding hydrogens is 398 g/mol. The van der Waals surface area contributed by atoms with Crippen LogP contribution in [0.4, 0.5) is 5.69 Å². The van der Waals surface area contributed by atoms with E-state index in [9.17, 15) is 0 Å². The lowest BCUT2D eigenvalue weighted by atomic mass is 10.00. The lowest BCUT2D eigenvalue weighted by Crippen LogP contribution is -2.02. The predicted octanol–water partition coefficient (Wildman–Crippen LogP) is 5.18. The number of hydrogen-bond acceptors (Lipinski definition) is 6. The van der Waals surface area contributed by atoms with Crippen LogP contribution in [0.2, 0.25) is 0 Å². The van der Waals surface area contributed by atoms with Crippen molar-refractivity contribution in [3.05, 3.63) is 90.9 Å². The van der Waals surface area contributed by atoms with Crippen LogP contribution < -0.4 is 5.32 Å². The average Bonchev–Trinajstić information content (AvgIpc) is 3.24. The van der Waals surface area contributed by atoms with Crippen LogP contribution >= 0.6 is 0 Å². The summed E-state index contributed by atoms with van der Waals surface area (Å²) >= 11 is 0. The van der Waals surface area contributed by atoms with Crippen LogP contribution in [-0.4, -0.2) is 30.1 Å². The van der Waals surface area contributed by atoms with Gasteiger partial charge in [0.15, 0.2) is 0 Å². The van der Waals surface area contributed by atoms with Crippen LogP contribution in [0.5, 0.6) is 0 Å². The first-order valence-electron chi connectivity index (χ1n) is 10.2. The number of fused-ring (bicyclic) bond motifs is 1. The number of H-pyrrole nitrogens is 1. The summed E-state index contributed by atoms with van der Waals surface area (Å²) in [6, 6.07) is 12.2. The van der Waals surface area contributed by atoms with Crippen molar-refractivity contribution in [2.45, 2.75) is 13.8 Å². The molecule has 0 amide bonds.